The van der Waals surface area contributed by atoms with Crippen molar-refractivity contribution < 1.29 is 14.6 Å². The highest BCUT2D eigenvalue weighted by atomic mass is 16.5. The maximum atomic E-state index is 11.6. The summed E-state index contributed by atoms with van der Waals surface area (Å²) in [4.78, 5) is 33.7. The average Bonchev–Trinajstić information content (AvgIpc) is 2.75. The van der Waals surface area contributed by atoms with Crippen LogP contribution in [0.5, 0.6) is 5.75 Å². The number of hydrogen-bond donors (Lipinski definition) is 3. The van der Waals surface area contributed by atoms with Gasteiger partial charge in [-0.3, -0.25) is 0 Å². The van der Waals surface area contributed by atoms with Gasteiger partial charge in [-0.1, -0.05) is 6.07 Å². The number of aliphatic carboxylic acids is 1. The molecule has 0 spiro atoms. The van der Waals surface area contributed by atoms with E-state index in [-0.39, 0.29) is 5.69 Å². The summed E-state index contributed by atoms with van der Waals surface area (Å²) in [6.45, 7) is 0. The molecule has 0 aliphatic carbocycles. The van der Waals surface area contributed by atoms with Gasteiger partial charge in [0, 0.05) is 6.08 Å². The number of nitrogens with zero attached hydrogens (tertiary/aromatic N) is 1. The number of carboxylic acids is 1. The fourth-order valence-corrected chi connectivity index (χ4v) is 1.68. The van der Waals surface area contributed by atoms with Crippen LogP contribution in [0.25, 0.3) is 11.8 Å². The minimum Gasteiger partial charge on any atom is -0.495 e. The number of carboxylic acid groups (broad SMARTS) is 1. The number of hydrogen-bond acceptors (Lipinski definition) is 4. The zero-order valence-electron chi connectivity index (χ0n) is 10.4. The monoisotopic (exact) mass is 277 g/mol. The molecule has 104 valence electrons. The number of benzene rings is 1. The van der Waals surface area contributed by atoms with Gasteiger partial charge in [0.2, 0.25) is 0 Å². The van der Waals surface area contributed by atoms with Gasteiger partial charge in [0.05, 0.1) is 12.8 Å². The zero-order chi connectivity index (χ0) is 14.7. The molecule has 1 heterocycles. The number of nitrogens with one attached hydrogen (secondary N) is 2. The maximum absolute atomic E-state index is 11.6. The lowest BCUT2D eigenvalue weighted by Gasteiger charge is -2.08. The molecule has 0 bridgehead atoms. The van der Waals surface area contributed by atoms with E-state index in [1.165, 1.54) is 25.3 Å². The third-order valence-corrected chi connectivity index (χ3v) is 2.54. The smallest absolute Gasteiger partial charge is 0.349 e. The Morgan fingerprint density at radius 3 is 2.50 bits per heavy atom. The Kier molecular flexibility index (Phi) is 3.56. The standard InChI is InChI=1S/C12H11N3O5/c1-20-9-4-2-7(3-5-10(16)17)6-8(9)15-11(18)13-14-12(15)19/h2-6H,1H3,(H,13,18)(H,14,19)(H,16,17)/b5-3+. The molecule has 0 saturated carbocycles. The summed E-state index contributed by atoms with van der Waals surface area (Å²) in [5.74, 6) is -0.788. The third kappa shape index (κ3) is 2.53. The van der Waals surface area contributed by atoms with Crippen molar-refractivity contribution in [1.29, 1.82) is 0 Å². The van der Waals surface area contributed by atoms with Crippen LogP contribution in [-0.4, -0.2) is 33.0 Å². The minimum absolute atomic E-state index is 0.215. The predicted octanol–water partition coefficient (Wildman–Crippen LogP) is -0.0397. The van der Waals surface area contributed by atoms with Crippen LogP contribution < -0.4 is 16.1 Å². The van der Waals surface area contributed by atoms with Crippen LogP contribution in [0.2, 0.25) is 0 Å². The van der Waals surface area contributed by atoms with Gasteiger partial charge in [-0.15, -0.1) is 0 Å². The molecule has 2 aromatic rings. The van der Waals surface area contributed by atoms with Crippen molar-refractivity contribution in [2.24, 2.45) is 0 Å². The first-order valence-corrected chi connectivity index (χ1v) is 5.52. The molecule has 0 atom stereocenters. The Labute approximate surface area is 111 Å². The fourth-order valence-electron chi connectivity index (χ4n) is 1.68. The van der Waals surface area contributed by atoms with E-state index in [1.807, 2.05) is 0 Å². The molecule has 0 aliphatic rings. The van der Waals surface area contributed by atoms with Gasteiger partial charge in [0.15, 0.2) is 0 Å². The van der Waals surface area contributed by atoms with E-state index >= 15 is 0 Å². The first-order chi connectivity index (χ1) is 9.52. The summed E-state index contributed by atoms with van der Waals surface area (Å²) in [7, 11) is 1.40. The maximum Gasteiger partial charge on any atom is 0.349 e. The van der Waals surface area contributed by atoms with Crippen molar-refractivity contribution in [1.82, 2.24) is 14.8 Å². The van der Waals surface area contributed by atoms with Gasteiger partial charge in [-0.25, -0.2) is 29.1 Å². The van der Waals surface area contributed by atoms with Gasteiger partial charge < -0.3 is 9.84 Å². The van der Waals surface area contributed by atoms with E-state index in [0.29, 0.717) is 11.3 Å². The molecule has 8 nitrogen and oxygen atoms in total. The summed E-state index contributed by atoms with van der Waals surface area (Å²) in [5, 5.41) is 12.9. The Morgan fingerprint density at radius 2 is 1.95 bits per heavy atom. The number of rotatable bonds is 4. The van der Waals surface area contributed by atoms with E-state index in [9.17, 15) is 14.4 Å². The van der Waals surface area contributed by atoms with Crippen LogP contribution >= 0.6 is 0 Å². The van der Waals surface area contributed by atoms with Crippen molar-refractivity contribution in [3.8, 4) is 11.4 Å². The van der Waals surface area contributed by atoms with Crippen LogP contribution in [0.3, 0.4) is 0 Å². The molecule has 0 aliphatic heterocycles. The highest BCUT2D eigenvalue weighted by Gasteiger charge is 2.12. The Balaban J connectivity index is 2.62. The van der Waals surface area contributed by atoms with E-state index in [4.69, 9.17) is 9.84 Å². The molecule has 0 saturated heterocycles. The van der Waals surface area contributed by atoms with Crippen LogP contribution in [-0.2, 0) is 4.79 Å². The molecule has 0 unspecified atom stereocenters. The number of methoxy groups -OCH3 is 1. The molecule has 1 aromatic heterocycles. The van der Waals surface area contributed by atoms with E-state index in [1.54, 1.807) is 6.07 Å². The number of carbonyl (C=O) groups is 1. The lowest BCUT2D eigenvalue weighted by Crippen LogP contribution is -2.25. The summed E-state index contributed by atoms with van der Waals surface area (Å²) in [6.07, 6.45) is 2.30. The van der Waals surface area contributed by atoms with Gasteiger partial charge >= 0.3 is 17.3 Å². The zero-order valence-corrected chi connectivity index (χ0v) is 10.4. The molecule has 0 radical (unpaired) electrons. The summed E-state index contributed by atoms with van der Waals surface area (Å²) in [5.41, 5.74) is -0.566. The van der Waals surface area contributed by atoms with Crippen molar-refractivity contribution in [2.75, 3.05) is 7.11 Å². The molecule has 20 heavy (non-hydrogen) atoms. The second-order valence-corrected chi connectivity index (χ2v) is 3.80. The van der Waals surface area contributed by atoms with Crippen LogP contribution in [0.1, 0.15) is 5.56 Å². The minimum atomic E-state index is -1.10. The highest BCUT2D eigenvalue weighted by molar-refractivity contribution is 5.85. The molecule has 8 heteroatoms. The van der Waals surface area contributed by atoms with Crippen molar-refractivity contribution >= 4 is 12.0 Å². The number of aromatic amines is 2. The Morgan fingerprint density at radius 1 is 1.30 bits per heavy atom. The third-order valence-electron chi connectivity index (χ3n) is 2.54. The Hall–Kier alpha value is -3.03. The average molecular weight is 277 g/mol. The first kappa shape index (κ1) is 13.4. The van der Waals surface area contributed by atoms with Crippen molar-refractivity contribution in [3.05, 3.63) is 50.8 Å². The topological polar surface area (TPSA) is 117 Å². The molecule has 2 rings (SSSR count). The predicted molar refractivity (Wildman–Crippen MR) is 70.2 cm³/mol. The molecule has 0 fully saturated rings. The first-order valence-electron chi connectivity index (χ1n) is 5.52. The second-order valence-electron chi connectivity index (χ2n) is 3.80. The fraction of sp³-hybridized carbons (Fsp3) is 0.0833. The largest absolute Gasteiger partial charge is 0.495 e. The molecular formula is C12H11N3O5. The summed E-state index contributed by atoms with van der Waals surface area (Å²) < 4.78 is 5.95. The summed E-state index contributed by atoms with van der Waals surface area (Å²) in [6, 6.07) is 4.62. The summed E-state index contributed by atoms with van der Waals surface area (Å²) >= 11 is 0. The van der Waals surface area contributed by atoms with Gasteiger partial charge in [-0.2, -0.15) is 0 Å². The number of ether oxygens (including phenoxy) is 1. The number of aromatic nitrogens is 3. The quantitative estimate of drug-likeness (QED) is 0.678. The lowest BCUT2D eigenvalue weighted by atomic mass is 10.1. The van der Waals surface area contributed by atoms with Crippen LogP contribution in [0, 0.1) is 0 Å². The molecular weight excluding hydrogens is 266 g/mol. The normalized spacial score (nSPS) is 10.8. The van der Waals surface area contributed by atoms with Crippen LogP contribution in [0.15, 0.2) is 33.9 Å². The highest BCUT2D eigenvalue weighted by Crippen LogP contribution is 2.22. The SMILES string of the molecule is COc1ccc(/C=C/C(=O)O)cc1-n1c(=O)[nH][nH]c1=O. The van der Waals surface area contributed by atoms with E-state index in [0.717, 1.165) is 10.6 Å². The second kappa shape index (κ2) is 5.31. The number of H-pyrrole nitrogens is 2. The Bertz CT molecular complexity index is 753. The molecule has 1 aromatic carbocycles. The van der Waals surface area contributed by atoms with Gasteiger partial charge in [0.1, 0.15) is 5.75 Å². The molecule has 0 amide bonds. The lowest BCUT2D eigenvalue weighted by molar-refractivity contribution is -0.131. The van der Waals surface area contributed by atoms with Gasteiger partial charge in [-0.05, 0) is 23.8 Å². The van der Waals surface area contributed by atoms with E-state index < -0.39 is 17.3 Å². The van der Waals surface area contributed by atoms with Crippen molar-refractivity contribution in [3.63, 3.8) is 0 Å². The van der Waals surface area contributed by atoms with Gasteiger partial charge in [0.25, 0.3) is 0 Å². The van der Waals surface area contributed by atoms with Crippen molar-refractivity contribution in [2.45, 2.75) is 0 Å². The van der Waals surface area contributed by atoms with Crippen LogP contribution in [0.4, 0.5) is 0 Å². The van der Waals surface area contributed by atoms with E-state index in [2.05, 4.69) is 10.2 Å². The molecule has 3 N–H and O–H groups in total.